The van der Waals surface area contributed by atoms with E-state index in [-0.39, 0.29) is 37.0 Å². The summed E-state index contributed by atoms with van der Waals surface area (Å²) in [6.07, 6.45) is 1.17. The molecule has 1 amide bonds. The van der Waals surface area contributed by atoms with Crippen LogP contribution >= 0.6 is 11.6 Å². The van der Waals surface area contributed by atoms with Gasteiger partial charge in [-0.1, -0.05) is 23.7 Å². The van der Waals surface area contributed by atoms with E-state index < -0.39 is 15.1 Å². The predicted molar refractivity (Wildman–Crippen MR) is 136 cm³/mol. The molecular formula is C25H33ClFN3O4S. The largest absolute Gasteiger partial charge is 0.483 e. The fraction of sp³-hybridized carbons (Fsp3) is 0.480. The Morgan fingerprint density at radius 2 is 1.86 bits per heavy atom. The smallest absolute Gasteiger partial charge is 0.260 e. The van der Waals surface area contributed by atoms with Gasteiger partial charge in [0.05, 0.1) is 0 Å². The normalized spacial score (nSPS) is 20.0. The third kappa shape index (κ3) is 7.16. The number of carbonyl (C=O) groups excluding carboxylic acids is 1. The first-order valence-electron chi connectivity index (χ1n) is 11.5. The van der Waals surface area contributed by atoms with Crippen molar-refractivity contribution in [3.63, 3.8) is 0 Å². The number of nitrogens with one attached hydrogen (secondary N) is 1. The second-order valence-electron chi connectivity index (χ2n) is 9.15. The van der Waals surface area contributed by atoms with Gasteiger partial charge in [-0.25, -0.2) is 12.8 Å². The Balaban J connectivity index is 1.67. The molecule has 1 aliphatic rings. The van der Waals surface area contributed by atoms with Gasteiger partial charge in [-0.3, -0.25) is 9.69 Å². The van der Waals surface area contributed by atoms with Crippen molar-refractivity contribution in [3.05, 3.63) is 64.4 Å². The molecular weight excluding hydrogens is 493 g/mol. The summed E-state index contributed by atoms with van der Waals surface area (Å²) >= 11 is 6.14. The highest BCUT2D eigenvalue weighted by atomic mass is 35.5. The van der Waals surface area contributed by atoms with Crippen LogP contribution in [0.25, 0.3) is 0 Å². The number of hydrogen-bond donors (Lipinski definition) is 1. The highest BCUT2D eigenvalue weighted by Gasteiger charge is 2.32. The maximum Gasteiger partial charge on any atom is 0.260 e. The zero-order valence-corrected chi connectivity index (χ0v) is 22.1. The average Bonchev–Trinajstić information content (AvgIpc) is 2.79. The summed E-state index contributed by atoms with van der Waals surface area (Å²) in [4.78, 5) is 17.2. The van der Waals surface area contributed by atoms with Gasteiger partial charge in [-0.15, -0.1) is 0 Å². The van der Waals surface area contributed by atoms with E-state index >= 15 is 0 Å². The Kier molecular flexibility index (Phi) is 9.15. The first-order valence-corrected chi connectivity index (χ1v) is 13.9. The molecule has 192 valence electrons. The molecule has 0 saturated carbocycles. The van der Waals surface area contributed by atoms with Crippen LogP contribution in [0.1, 0.15) is 30.2 Å². The van der Waals surface area contributed by atoms with E-state index in [0.29, 0.717) is 36.0 Å². The Bertz CT molecular complexity index is 1130. The van der Waals surface area contributed by atoms with Crippen molar-refractivity contribution in [2.45, 2.75) is 37.7 Å². The highest BCUT2D eigenvalue weighted by Crippen LogP contribution is 2.33. The third-order valence-electron chi connectivity index (χ3n) is 6.31. The van der Waals surface area contributed by atoms with Crippen LogP contribution in [0.4, 0.5) is 4.39 Å². The molecule has 1 heterocycles. The molecule has 2 aromatic rings. The summed E-state index contributed by atoms with van der Waals surface area (Å²) in [6, 6.07) is 11.3. The predicted octanol–water partition coefficient (Wildman–Crippen LogP) is 3.28. The molecule has 0 aliphatic carbocycles. The lowest BCUT2D eigenvalue weighted by atomic mass is 10.1. The first-order chi connectivity index (χ1) is 16.5. The van der Waals surface area contributed by atoms with E-state index in [0.717, 1.165) is 5.56 Å². The van der Waals surface area contributed by atoms with E-state index in [1.165, 1.54) is 18.4 Å². The second kappa shape index (κ2) is 11.7. The topological polar surface area (TPSA) is 79.0 Å². The van der Waals surface area contributed by atoms with Crippen molar-refractivity contribution in [2.24, 2.45) is 0 Å². The number of benzene rings is 2. The van der Waals surface area contributed by atoms with E-state index in [1.807, 2.05) is 6.92 Å². The number of hydrogen-bond acceptors (Lipinski definition) is 6. The van der Waals surface area contributed by atoms with Gasteiger partial charge in [0.1, 0.15) is 16.8 Å². The average molecular weight is 526 g/mol. The number of halogens is 2. The van der Waals surface area contributed by atoms with Crippen LogP contribution in [0.15, 0.2) is 42.5 Å². The molecule has 1 fully saturated rings. The molecule has 3 atom stereocenters. The van der Waals surface area contributed by atoms with Crippen molar-refractivity contribution in [2.75, 3.05) is 39.5 Å². The number of sulfone groups is 1. The molecule has 35 heavy (non-hydrogen) atoms. The zero-order valence-electron chi connectivity index (χ0n) is 20.5. The van der Waals surface area contributed by atoms with Gasteiger partial charge in [-0.2, -0.15) is 0 Å². The number of nitrogens with zero attached hydrogens (tertiary/aromatic N) is 2. The number of ether oxygens (including phenoxy) is 1. The van der Waals surface area contributed by atoms with Gasteiger partial charge in [0.25, 0.3) is 5.91 Å². The maximum atomic E-state index is 13.2. The summed E-state index contributed by atoms with van der Waals surface area (Å²) in [6.45, 7) is 5.91. The van der Waals surface area contributed by atoms with E-state index in [2.05, 4.69) is 17.1 Å². The molecule has 0 aromatic heterocycles. The lowest BCUT2D eigenvalue weighted by Gasteiger charge is -2.44. The fourth-order valence-electron chi connectivity index (χ4n) is 4.39. The number of amides is 1. The van der Waals surface area contributed by atoms with Crippen molar-refractivity contribution < 1.29 is 22.3 Å². The zero-order chi connectivity index (χ0) is 25.8. The fourth-order valence-corrected chi connectivity index (χ4v) is 5.69. The maximum absolute atomic E-state index is 13.2. The van der Waals surface area contributed by atoms with Crippen LogP contribution in [0.3, 0.4) is 0 Å². The SMILES string of the molecule is CNCC(c1cc(Cl)ccc1OCC(=O)N1C[C@@H](C)N(Cc2ccc(F)cc2)C[C@@H]1C)S(C)(=O)=O. The Labute approximate surface area is 212 Å². The van der Waals surface area contributed by atoms with E-state index in [1.54, 1.807) is 42.3 Å². The van der Waals surface area contributed by atoms with Gasteiger partial charge < -0.3 is 15.0 Å². The first kappa shape index (κ1) is 27.4. The van der Waals surface area contributed by atoms with Crippen LogP contribution in [0.5, 0.6) is 5.75 Å². The Morgan fingerprint density at radius 1 is 1.17 bits per heavy atom. The Hall–Kier alpha value is -2.20. The lowest BCUT2D eigenvalue weighted by molar-refractivity contribution is -0.139. The van der Waals surface area contributed by atoms with Crippen molar-refractivity contribution in [1.82, 2.24) is 15.1 Å². The summed E-state index contributed by atoms with van der Waals surface area (Å²) in [5.74, 6) is -0.108. The van der Waals surface area contributed by atoms with Gasteiger partial charge in [-0.05, 0) is 56.8 Å². The lowest BCUT2D eigenvalue weighted by Crippen LogP contribution is -2.58. The van der Waals surface area contributed by atoms with E-state index in [9.17, 15) is 17.6 Å². The molecule has 0 spiro atoms. The standard InChI is InChI=1S/C25H33ClFN3O4S/c1-17-14-30(18(2)13-29(17)15-19-5-8-21(27)9-6-19)25(31)16-34-23-10-7-20(26)11-22(23)24(12-28-3)35(4,32)33/h5-11,17-18,24,28H,12-16H2,1-4H3/t17-,18+,24?/m1/s1. The highest BCUT2D eigenvalue weighted by molar-refractivity contribution is 7.91. The summed E-state index contributed by atoms with van der Waals surface area (Å²) in [5, 5.41) is 2.43. The van der Waals surface area contributed by atoms with Crippen LogP contribution in [-0.2, 0) is 21.2 Å². The minimum Gasteiger partial charge on any atom is -0.483 e. The minimum absolute atomic E-state index is 0.0412. The number of rotatable bonds is 9. The molecule has 3 rings (SSSR count). The van der Waals surface area contributed by atoms with Crippen molar-refractivity contribution >= 4 is 27.3 Å². The third-order valence-corrected chi connectivity index (χ3v) is 8.00. The molecule has 1 aliphatic heterocycles. The van der Waals surface area contributed by atoms with Gasteiger partial charge >= 0.3 is 0 Å². The van der Waals surface area contributed by atoms with Gasteiger partial charge in [0.15, 0.2) is 16.4 Å². The molecule has 2 aromatic carbocycles. The molecule has 7 nitrogen and oxygen atoms in total. The van der Waals surface area contributed by atoms with Crippen LogP contribution in [0, 0.1) is 5.82 Å². The van der Waals surface area contributed by atoms with Gasteiger partial charge in [0.2, 0.25) is 0 Å². The quantitative estimate of drug-likeness (QED) is 0.541. The molecule has 10 heteroatoms. The summed E-state index contributed by atoms with van der Waals surface area (Å²) in [7, 11) is -1.78. The minimum atomic E-state index is -3.45. The van der Waals surface area contributed by atoms with Gasteiger partial charge in [0, 0.05) is 55.1 Å². The van der Waals surface area contributed by atoms with Crippen LogP contribution in [0.2, 0.25) is 5.02 Å². The van der Waals surface area contributed by atoms with E-state index in [4.69, 9.17) is 16.3 Å². The van der Waals surface area contributed by atoms with Crippen LogP contribution < -0.4 is 10.1 Å². The molecule has 0 radical (unpaired) electrons. The Morgan fingerprint density at radius 3 is 2.49 bits per heavy atom. The summed E-state index contributed by atoms with van der Waals surface area (Å²) < 4.78 is 43.9. The molecule has 1 N–H and O–H groups in total. The van der Waals surface area contributed by atoms with Crippen molar-refractivity contribution in [3.8, 4) is 5.75 Å². The number of likely N-dealkylation sites (N-methyl/N-ethyl adjacent to an activating group) is 1. The molecule has 0 bridgehead atoms. The van der Waals surface area contributed by atoms with Crippen LogP contribution in [-0.4, -0.2) is 75.8 Å². The molecule has 1 unspecified atom stereocenters. The molecule has 1 saturated heterocycles. The van der Waals surface area contributed by atoms with Crippen molar-refractivity contribution in [1.29, 1.82) is 0 Å². The summed E-state index contributed by atoms with van der Waals surface area (Å²) in [5.41, 5.74) is 1.44. The number of carbonyl (C=O) groups is 1. The number of piperazine rings is 1. The monoisotopic (exact) mass is 525 g/mol. The second-order valence-corrected chi connectivity index (χ2v) is 11.8.